The van der Waals surface area contributed by atoms with E-state index in [1.54, 1.807) is 0 Å². The SMILES string of the molecule is CC1CCC(C(=O)Nc2ccccc2C#CCCO)O1. The van der Waals surface area contributed by atoms with E-state index in [1.165, 1.54) is 0 Å². The Balaban J connectivity index is 2.06. The Labute approximate surface area is 119 Å². The predicted octanol–water partition coefficient (Wildman–Crippen LogP) is 1.93. The van der Waals surface area contributed by atoms with Crippen LogP contribution >= 0.6 is 0 Å². The molecule has 1 amide bonds. The van der Waals surface area contributed by atoms with Gasteiger partial charge in [-0.05, 0) is 31.9 Å². The molecule has 2 N–H and O–H groups in total. The number of ether oxygens (including phenoxy) is 1. The fourth-order valence-corrected chi connectivity index (χ4v) is 2.12. The summed E-state index contributed by atoms with van der Waals surface area (Å²) in [6.45, 7) is 2.01. The van der Waals surface area contributed by atoms with Crippen LogP contribution in [0.4, 0.5) is 5.69 Å². The summed E-state index contributed by atoms with van der Waals surface area (Å²) in [5.74, 6) is 5.69. The molecule has 2 unspecified atom stereocenters. The highest BCUT2D eigenvalue weighted by molar-refractivity contribution is 5.95. The smallest absolute Gasteiger partial charge is 0.253 e. The molecule has 20 heavy (non-hydrogen) atoms. The normalized spacial score (nSPS) is 21.1. The zero-order chi connectivity index (χ0) is 14.4. The van der Waals surface area contributed by atoms with Gasteiger partial charge in [0.2, 0.25) is 0 Å². The molecule has 1 fully saturated rings. The molecule has 1 saturated heterocycles. The second-order valence-corrected chi connectivity index (χ2v) is 4.82. The first-order valence-electron chi connectivity index (χ1n) is 6.86. The van der Waals surface area contributed by atoms with Crippen molar-refractivity contribution in [2.75, 3.05) is 11.9 Å². The summed E-state index contributed by atoms with van der Waals surface area (Å²) in [6.07, 6.45) is 1.86. The molecule has 0 bridgehead atoms. The van der Waals surface area contributed by atoms with Crippen LogP contribution in [0.5, 0.6) is 0 Å². The van der Waals surface area contributed by atoms with Crippen LogP contribution in [0.15, 0.2) is 24.3 Å². The van der Waals surface area contributed by atoms with E-state index in [0.717, 1.165) is 18.4 Å². The van der Waals surface area contributed by atoms with E-state index in [2.05, 4.69) is 17.2 Å². The number of carbonyl (C=O) groups is 1. The molecule has 0 saturated carbocycles. The lowest BCUT2D eigenvalue weighted by atomic mass is 10.1. The van der Waals surface area contributed by atoms with E-state index in [0.29, 0.717) is 12.1 Å². The number of aliphatic hydroxyl groups excluding tert-OH is 1. The van der Waals surface area contributed by atoms with Crippen LogP contribution in [0.25, 0.3) is 0 Å². The summed E-state index contributed by atoms with van der Waals surface area (Å²) in [5.41, 5.74) is 1.44. The van der Waals surface area contributed by atoms with Gasteiger partial charge in [0.05, 0.1) is 18.4 Å². The van der Waals surface area contributed by atoms with Crippen molar-refractivity contribution in [2.45, 2.75) is 38.4 Å². The third kappa shape index (κ3) is 3.83. The zero-order valence-corrected chi connectivity index (χ0v) is 11.6. The van der Waals surface area contributed by atoms with Crippen molar-refractivity contribution in [1.29, 1.82) is 0 Å². The lowest BCUT2D eigenvalue weighted by Crippen LogP contribution is -2.28. The van der Waals surface area contributed by atoms with Gasteiger partial charge in [0, 0.05) is 12.0 Å². The van der Waals surface area contributed by atoms with Crippen LogP contribution in [0.1, 0.15) is 31.7 Å². The molecule has 2 rings (SSSR count). The molecule has 1 aromatic rings. The molecule has 4 nitrogen and oxygen atoms in total. The van der Waals surface area contributed by atoms with Crippen LogP contribution in [0.2, 0.25) is 0 Å². The average molecular weight is 273 g/mol. The number of nitrogens with one attached hydrogen (secondary N) is 1. The van der Waals surface area contributed by atoms with Gasteiger partial charge in [0.1, 0.15) is 6.10 Å². The van der Waals surface area contributed by atoms with Gasteiger partial charge in [-0.3, -0.25) is 4.79 Å². The van der Waals surface area contributed by atoms with Gasteiger partial charge in [-0.25, -0.2) is 0 Å². The van der Waals surface area contributed by atoms with Crippen molar-refractivity contribution in [1.82, 2.24) is 0 Å². The van der Waals surface area contributed by atoms with Crippen molar-refractivity contribution >= 4 is 11.6 Å². The summed E-state index contributed by atoms with van der Waals surface area (Å²) in [5, 5.41) is 11.6. The molecule has 1 aromatic carbocycles. The lowest BCUT2D eigenvalue weighted by molar-refractivity contribution is -0.126. The minimum atomic E-state index is -0.372. The van der Waals surface area contributed by atoms with Crippen LogP contribution < -0.4 is 5.32 Å². The Hall–Kier alpha value is -1.83. The second-order valence-electron chi connectivity index (χ2n) is 4.82. The largest absolute Gasteiger partial charge is 0.395 e. The number of carbonyl (C=O) groups excluding carboxylic acids is 1. The third-order valence-corrected chi connectivity index (χ3v) is 3.17. The summed E-state index contributed by atoms with van der Waals surface area (Å²) < 4.78 is 5.55. The van der Waals surface area contributed by atoms with Gasteiger partial charge in [-0.1, -0.05) is 24.0 Å². The number of hydrogen-bond donors (Lipinski definition) is 2. The Kier molecular flexibility index (Phi) is 5.16. The topological polar surface area (TPSA) is 58.6 Å². The molecular formula is C16H19NO3. The Morgan fingerprint density at radius 1 is 1.45 bits per heavy atom. The molecule has 1 aliphatic heterocycles. The van der Waals surface area contributed by atoms with Gasteiger partial charge in [-0.2, -0.15) is 0 Å². The average Bonchev–Trinajstić information content (AvgIpc) is 2.88. The molecule has 0 spiro atoms. The molecule has 0 radical (unpaired) electrons. The van der Waals surface area contributed by atoms with Gasteiger partial charge in [0.25, 0.3) is 5.91 Å². The highest BCUT2D eigenvalue weighted by atomic mass is 16.5. The maximum Gasteiger partial charge on any atom is 0.253 e. The molecule has 1 aliphatic rings. The van der Waals surface area contributed by atoms with Crippen LogP contribution in [-0.2, 0) is 9.53 Å². The fraction of sp³-hybridized carbons (Fsp3) is 0.438. The number of rotatable bonds is 3. The number of benzene rings is 1. The second kappa shape index (κ2) is 7.09. The summed E-state index contributed by atoms with van der Waals surface area (Å²) in [6, 6.07) is 7.38. The van der Waals surface area contributed by atoms with E-state index in [9.17, 15) is 4.79 Å². The predicted molar refractivity (Wildman–Crippen MR) is 77.2 cm³/mol. The molecular weight excluding hydrogens is 254 g/mol. The summed E-state index contributed by atoms with van der Waals surface area (Å²) in [7, 11) is 0. The molecule has 106 valence electrons. The highest BCUT2D eigenvalue weighted by Crippen LogP contribution is 2.21. The standard InChI is InChI=1S/C16H19NO3/c1-12-9-10-15(20-12)16(19)17-14-8-3-2-6-13(14)7-4-5-11-18/h2-3,6,8,12,15,18H,5,9-11H2,1H3,(H,17,19). The maximum absolute atomic E-state index is 12.1. The molecule has 0 aliphatic carbocycles. The third-order valence-electron chi connectivity index (χ3n) is 3.17. The first-order valence-corrected chi connectivity index (χ1v) is 6.86. The zero-order valence-electron chi connectivity index (χ0n) is 11.6. The van der Waals surface area contributed by atoms with Crippen LogP contribution in [0, 0.1) is 11.8 Å². The van der Waals surface area contributed by atoms with E-state index in [-0.39, 0.29) is 24.7 Å². The number of anilines is 1. The minimum absolute atomic E-state index is 0.0370. The van der Waals surface area contributed by atoms with Gasteiger partial charge in [0.15, 0.2) is 0 Å². The monoisotopic (exact) mass is 273 g/mol. The minimum Gasteiger partial charge on any atom is -0.395 e. The Bertz CT molecular complexity index is 530. The number of hydrogen-bond acceptors (Lipinski definition) is 3. The van der Waals surface area contributed by atoms with Crippen LogP contribution in [0.3, 0.4) is 0 Å². The molecule has 2 atom stereocenters. The first-order chi connectivity index (χ1) is 9.70. The van der Waals surface area contributed by atoms with Crippen LogP contribution in [-0.4, -0.2) is 29.8 Å². The van der Waals surface area contributed by atoms with Crippen molar-refractivity contribution in [3.8, 4) is 11.8 Å². The highest BCUT2D eigenvalue weighted by Gasteiger charge is 2.28. The van der Waals surface area contributed by atoms with E-state index in [1.807, 2.05) is 31.2 Å². The van der Waals surface area contributed by atoms with Gasteiger partial charge < -0.3 is 15.2 Å². The number of amides is 1. The van der Waals surface area contributed by atoms with Gasteiger partial charge >= 0.3 is 0 Å². The maximum atomic E-state index is 12.1. The Morgan fingerprint density at radius 3 is 2.95 bits per heavy atom. The molecule has 1 heterocycles. The van der Waals surface area contributed by atoms with Crippen molar-refractivity contribution in [3.63, 3.8) is 0 Å². The van der Waals surface area contributed by atoms with Crippen molar-refractivity contribution < 1.29 is 14.6 Å². The molecule has 0 aromatic heterocycles. The summed E-state index contributed by atoms with van der Waals surface area (Å²) >= 11 is 0. The van der Waals surface area contributed by atoms with E-state index < -0.39 is 0 Å². The Morgan fingerprint density at radius 2 is 2.25 bits per heavy atom. The number of para-hydroxylation sites is 1. The number of aliphatic hydroxyl groups is 1. The quantitative estimate of drug-likeness (QED) is 0.827. The van der Waals surface area contributed by atoms with Gasteiger partial charge in [-0.15, -0.1) is 0 Å². The van der Waals surface area contributed by atoms with Crippen molar-refractivity contribution in [3.05, 3.63) is 29.8 Å². The van der Waals surface area contributed by atoms with Crippen molar-refractivity contribution in [2.24, 2.45) is 0 Å². The lowest BCUT2D eigenvalue weighted by Gasteiger charge is -2.12. The van der Waals surface area contributed by atoms with E-state index in [4.69, 9.17) is 9.84 Å². The summed E-state index contributed by atoms with van der Waals surface area (Å²) in [4.78, 5) is 12.1. The molecule has 4 heteroatoms. The first kappa shape index (κ1) is 14.6. The fourth-order valence-electron chi connectivity index (χ4n) is 2.12. The van der Waals surface area contributed by atoms with E-state index >= 15 is 0 Å².